The van der Waals surface area contributed by atoms with Crippen LogP contribution in [-0.2, 0) is 0 Å². The monoisotopic (exact) mass is 279 g/mol. The summed E-state index contributed by atoms with van der Waals surface area (Å²) in [6.45, 7) is 0.512. The predicted molar refractivity (Wildman–Crippen MR) is 73.7 cm³/mol. The van der Waals surface area contributed by atoms with Gasteiger partial charge in [-0.1, -0.05) is 0 Å². The third-order valence-electron chi connectivity index (χ3n) is 2.68. The number of hydrogen-bond acceptors (Lipinski definition) is 6. The lowest BCUT2D eigenvalue weighted by atomic mass is 10.2. The average Bonchev–Trinajstić information content (AvgIpc) is 2.47. The van der Waals surface area contributed by atoms with Gasteiger partial charge in [-0.2, -0.15) is 5.10 Å². The summed E-state index contributed by atoms with van der Waals surface area (Å²) >= 11 is 0. The summed E-state index contributed by atoms with van der Waals surface area (Å²) in [5.74, 6) is 1.40. The number of hydrogen-bond donors (Lipinski definition) is 4. The summed E-state index contributed by atoms with van der Waals surface area (Å²) in [7, 11) is 3.18. The van der Waals surface area contributed by atoms with Gasteiger partial charge in [0.05, 0.1) is 27.0 Å². The molecule has 1 atom stereocenters. The smallest absolute Gasteiger partial charge is 0.330 e. The fourth-order valence-electron chi connectivity index (χ4n) is 1.69. The first-order valence-electron chi connectivity index (χ1n) is 6.03. The van der Waals surface area contributed by atoms with E-state index < -0.39 is 0 Å². The van der Waals surface area contributed by atoms with Gasteiger partial charge in [0.1, 0.15) is 17.7 Å². The Labute approximate surface area is 116 Å². The molecule has 0 aromatic heterocycles. The highest BCUT2D eigenvalue weighted by Gasteiger charge is 2.15. The van der Waals surface area contributed by atoms with Crippen molar-refractivity contribution in [3.05, 3.63) is 23.8 Å². The minimum Gasteiger partial charge on any atom is -0.497 e. The number of hydrazine groups is 1. The molecule has 1 unspecified atom stereocenters. The fourth-order valence-corrected chi connectivity index (χ4v) is 1.69. The molecule has 1 aliphatic rings. The number of carbonyl (C=O) groups is 1. The number of ether oxygens (including phenoxy) is 2. The van der Waals surface area contributed by atoms with Crippen molar-refractivity contribution in [3.8, 4) is 11.5 Å². The van der Waals surface area contributed by atoms with Crippen LogP contribution in [0.25, 0.3) is 0 Å². The maximum absolute atomic E-state index is 11.1. The average molecular weight is 279 g/mol. The molecule has 0 aliphatic carbocycles. The highest BCUT2D eigenvalue weighted by atomic mass is 16.5. The topological polar surface area (TPSA) is 96.0 Å². The molecular formula is C12H17N5O3. The first-order valence-corrected chi connectivity index (χ1v) is 6.03. The number of carbonyl (C=O) groups excluding carboxylic acids is 1. The molecule has 1 heterocycles. The van der Waals surface area contributed by atoms with Gasteiger partial charge in [-0.3, -0.25) is 10.9 Å². The molecule has 0 saturated carbocycles. The summed E-state index contributed by atoms with van der Waals surface area (Å²) < 4.78 is 10.4. The number of methoxy groups -OCH3 is 2. The van der Waals surface area contributed by atoms with Gasteiger partial charge in [0.15, 0.2) is 0 Å². The number of benzene rings is 1. The summed E-state index contributed by atoms with van der Waals surface area (Å²) in [4.78, 5) is 11.1. The Bertz CT molecular complexity index is 506. The third kappa shape index (κ3) is 3.51. The Hall–Kier alpha value is -2.48. The van der Waals surface area contributed by atoms with Crippen molar-refractivity contribution in [1.29, 1.82) is 0 Å². The van der Waals surface area contributed by atoms with Crippen LogP contribution in [0.2, 0.25) is 0 Å². The van der Waals surface area contributed by atoms with E-state index in [4.69, 9.17) is 9.47 Å². The maximum atomic E-state index is 11.1. The van der Waals surface area contributed by atoms with E-state index in [1.807, 2.05) is 6.07 Å². The highest BCUT2D eigenvalue weighted by molar-refractivity contribution is 5.84. The molecule has 20 heavy (non-hydrogen) atoms. The number of hydrazone groups is 1. The number of amides is 2. The largest absolute Gasteiger partial charge is 0.497 e. The van der Waals surface area contributed by atoms with Gasteiger partial charge in [0, 0.05) is 5.56 Å². The Morgan fingerprint density at radius 1 is 1.40 bits per heavy atom. The lowest BCUT2D eigenvalue weighted by molar-refractivity contribution is 0.217. The first-order chi connectivity index (χ1) is 9.72. The van der Waals surface area contributed by atoms with Crippen LogP contribution in [0, 0.1) is 0 Å². The number of urea groups is 1. The Morgan fingerprint density at radius 2 is 2.25 bits per heavy atom. The lowest BCUT2D eigenvalue weighted by Gasteiger charge is -2.24. The van der Waals surface area contributed by atoms with E-state index in [0.29, 0.717) is 18.0 Å². The second kappa shape index (κ2) is 6.62. The quantitative estimate of drug-likeness (QED) is 0.441. The molecule has 0 spiro atoms. The van der Waals surface area contributed by atoms with Gasteiger partial charge in [-0.15, -0.1) is 0 Å². The van der Waals surface area contributed by atoms with Crippen molar-refractivity contribution in [2.45, 2.75) is 6.17 Å². The van der Waals surface area contributed by atoms with E-state index in [0.717, 1.165) is 5.56 Å². The van der Waals surface area contributed by atoms with Crippen molar-refractivity contribution in [2.24, 2.45) is 5.10 Å². The van der Waals surface area contributed by atoms with E-state index in [2.05, 4.69) is 26.7 Å². The van der Waals surface area contributed by atoms with Gasteiger partial charge in [0.25, 0.3) is 0 Å². The lowest BCUT2D eigenvalue weighted by Crippen LogP contribution is -2.62. The number of rotatable bonds is 5. The van der Waals surface area contributed by atoms with Crippen molar-refractivity contribution >= 4 is 12.2 Å². The highest BCUT2D eigenvalue weighted by Crippen LogP contribution is 2.22. The molecule has 1 fully saturated rings. The van der Waals surface area contributed by atoms with Gasteiger partial charge in [-0.05, 0) is 18.2 Å². The second-order valence-electron chi connectivity index (χ2n) is 4.03. The molecule has 2 amide bonds. The van der Waals surface area contributed by atoms with Crippen LogP contribution in [-0.4, -0.2) is 39.2 Å². The molecule has 8 nitrogen and oxygen atoms in total. The molecule has 1 aliphatic heterocycles. The standard InChI is InChI=1S/C12H17N5O3/c1-19-9-3-4-10(20-2)8(5-9)6-13-16-11-7-14-17-12(18)15-11/h3-6,11,14,16H,7H2,1-2H3,(H2,15,17,18)/b13-6+. The molecule has 4 N–H and O–H groups in total. The Kier molecular flexibility index (Phi) is 4.61. The van der Waals surface area contributed by atoms with Gasteiger partial charge in [0.2, 0.25) is 0 Å². The van der Waals surface area contributed by atoms with E-state index in [9.17, 15) is 4.79 Å². The number of nitrogens with zero attached hydrogens (tertiary/aromatic N) is 1. The van der Waals surface area contributed by atoms with Crippen LogP contribution >= 0.6 is 0 Å². The van der Waals surface area contributed by atoms with Crippen LogP contribution in [0.15, 0.2) is 23.3 Å². The predicted octanol–water partition coefficient (Wildman–Crippen LogP) is -0.229. The second-order valence-corrected chi connectivity index (χ2v) is 4.03. The zero-order valence-corrected chi connectivity index (χ0v) is 11.3. The molecule has 8 heteroatoms. The Morgan fingerprint density at radius 3 is 2.95 bits per heavy atom. The summed E-state index contributed by atoms with van der Waals surface area (Å²) in [5.41, 5.74) is 8.75. The Balaban J connectivity index is 2.01. The van der Waals surface area contributed by atoms with Crippen LogP contribution in [0.4, 0.5) is 4.79 Å². The molecule has 0 radical (unpaired) electrons. The SMILES string of the molecule is COc1ccc(OC)c(/C=N/NC2CNNC(=O)N2)c1. The summed E-state index contributed by atoms with van der Waals surface area (Å²) in [6.07, 6.45) is 1.33. The third-order valence-corrected chi connectivity index (χ3v) is 2.68. The molecule has 108 valence electrons. The summed E-state index contributed by atoms with van der Waals surface area (Å²) in [6, 6.07) is 5.11. The van der Waals surface area contributed by atoms with Gasteiger partial charge in [-0.25, -0.2) is 10.2 Å². The van der Waals surface area contributed by atoms with Crippen LogP contribution in [0.5, 0.6) is 11.5 Å². The minimum atomic E-state index is -0.303. The van der Waals surface area contributed by atoms with Crippen molar-refractivity contribution < 1.29 is 14.3 Å². The van der Waals surface area contributed by atoms with Gasteiger partial charge < -0.3 is 14.8 Å². The summed E-state index contributed by atoms with van der Waals surface area (Å²) in [5, 5.41) is 6.75. The van der Waals surface area contributed by atoms with Crippen LogP contribution in [0.1, 0.15) is 5.56 Å². The fraction of sp³-hybridized carbons (Fsp3) is 0.333. The van der Waals surface area contributed by atoms with Gasteiger partial charge >= 0.3 is 6.03 Å². The maximum Gasteiger partial charge on any atom is 0.330 e. The van der Waals surface area contributed by atoms with E-state index in [1.54, 1.807) is 32.6 Å². The van der Waals surface area contributed by atoms with E-state index in [1.165, 1.54) is 0 Å². The zero-order valence-electron chi connectivity index (χ0n) is 11.3. The van der Waals surface area contributed by atoms with Crippen molar-refractivity contribution in [1.82, 2.24) is 21.6 Å². The molecule has 1 aromatic carbocycles. The zero-order chi connectivity index (χ0) is 14.4. The minimum absolute atomic E-state index is 0.281. The van der Waals surface area contributed by atoms with E-state index in [-0.39, 0.29) is 12.2 Å². The first kappa shape index (κ1) is 13.9. The molecular weight excluding hydrogens is 262 g/mol. The molecule has 1 aromatic rings. The number of nitrogens with one attached hydrogen (secondary N) is 4. The molecule has 1 saturated heterocycles. The van der Waals surface area contributed by atoms with Crippen LogP contribution < -0.4 is 31.1 Å². The van der Waals surface area contributed by atoms with Crippen molar-refractivity contribution in [3.63, 3.8) is 0 Å². The molecule has 0 bridgehead atoms. The molecule has 2 rings (SSSR count). The van der Waals surface area contributed by atoms with E-state index >= 15 is 0 Å². The normalized spacial score (nSPS) is 18.3. The van der Waals surface area contributed by atoms with Crippen LogP contribution in [0.3, 0.4) is 0 Å². The van der Waals surface area contributed by atoms with Crippen molar-refractivity contribution in [2.75, 3.05) is 20.8 Å².